The molecule has 7 nitrogen and oxygen atoms in total. The number of likely N-dealkylation sites (tertiary alicyclic amines) is 1. The average Bonchev–Trinajstić information content (AvgIpc) is 3.34. The number of aliphatic hydroxyl groups is 1. The fourth-order valence-corrected chi connectivity index (χ4v) is 3.33. The number of fused-ring (bicyclic) bond motifs is 2. The number of rotatable bonds is 4. The molecule has 1 fully saturated rings. The summed E-state index contributed by atoms with van der Waals surface area (Å²) in [6.45, 7) is -10.2. The predicted molar refractivity (Wildman–Crippen MR) is 114 cm³/mol. The Morgan fingerprint density at radius 1 is 1.32 bits per heavy atom. The number of hydrogen-bond donors (Lipinski definition) is 1. The third-order valence-corrected chi connectivity index (χ3v) is 4.92. The van der Waals surface area contributed by atoms with Crippen LogP contribution in [0.25, 0.3) is 11.0 Å². The van der Waals surface area contributed by atoms with Gasteiger partial charge in [0.05, 0.1) is 5.69 Å². The van der Waals surface area contributed by atoms with Crippen molar-refractivity contribution in [2.75, 3.05) is 19.5 Å². The van der Waals surface area contributed by atoms with Gasteiger partial charge < -0.3 is 14.5 Å². The molecule has 1 aromatic carbocycles. The molecule has 1 saturated heterocycles. The van der Waals surface area contributed by atoms with Crippen molar-refractivity contribution in [3.05, 3.63) is 57.1 Å². The fraction of sp³-hybridized carbons (Fsp3) is 0.522. The molecule has 1 unspecified atom stereocenters. The van der Waals surface area contributed by atoms with Crippen molar-refractivity contribution in [3.8, 4) is 0 Å². The summed E-state index contributed by atoms with van der Waals surface area (Å²) in [6, 6.07) is 2.73. The summed E-state index contributed by atoms with van der Waals surface area (Å²) in [5, 5.41) is 13.8. The molecule has 3 aromatic rings. The van der Waals surface area contributed by atoms with Crippen molar-refractivity contribution in [3.63, 3.8) is 0 Å². The maximum absolute atomic E-state index is 13.8. The molecule has 164 valence electrons. The first kappa shape index (κ1) is 9.50. The summed E-state index contributed by atoms with van der Waals surface area (Å²) in [5.41, 5.74) is -3.17. The van der Waals surface area contributed by atoms with Gasteiger partial charge in [-0.2, -0.15) is 0 Å². The number of hydrogen-bond acceptors (Lipinski definition) is 6. The van der Waals surface area contributed by atoms with E-state index < -0.39 is 98.4 Å². The normalized spacial score (nSPS) is 39.8. The Bertz CT molecular complexity index is 1780. The Labute approximate surface area is 200 Å². The van der Waals surface area contributed by atoms with Crippen molar-refractivity contribution in [2.24, 2.45) is 0 Å². The lowest BCUT2D eigenvalue weighted by Crippen LogP contribution is -2.37. The number of halogens is 1. The van der Waals surface area contributed by atoms with E-state index in [4.69, 9.17) is 25.1 Å². The molecule has 5 rings (SSSR count). The summed E-state index contributed by atoms with van der Waals surface area (Å²) in [7, 11) is 0. The first-order chi connectivity index (χ1) is 20.7. The van der Waals surface area contributed by atoms with Crippen LogP contribution in [-0.2, 0) is 12.9 Å². The van der Waals surface area contributed by atoms with E-state index in [1.165, 1.54) is 6.92 Å². The molecule has 2 aromatic heterocycles. The van der Waals surface area contributed by atoms with Crippen LogP contribution >= 0.6 is 0 Å². The van der Waals surface area contributed by atoms with Crippen molar-refractivity contribution in [2.45, 2.75) is 57.3 Å². The molecule has 0 aliphatic carbocycles. The van der Waals surface area contributed by atoms with Crippen molar-refractivity contribution >= 4 is 11.0 Å². The summed E-state index contributed by atoms with van der Waals surface area (Å²) in [6.07, 6.45) is -17.1. The summed E-state index contributed by atoms with van der Waals surface area (Å²) in [5.74, 6) is -5.08. The van der Waals surface area contributed by atoms with E-state index in [0.29, 0.717) is 0 Å². The SMILES string of the molecule is [2H]C1([2H])C(O)c2nc(C)c(CCN3C([2H])([2H])C([2H])([2H])C([2H])(c4noc5cc(F)ccc45)C([2H])([2H])C3([2H])[2H])c(=O)n2C([2H])([2H])C1([2H])[2H]. The zero-order valence-corrected chi connectivity index (χ0v) is 16.2. The molecular weight excluding hydrogens is 399 g/mol. The molecule has 1 atom stereocenters. The standard InChI is InChI=1S/C23H27FN4O3/c1-14-17(23(30)28-9-2-3-19(29)22(28)25-14)8-12-27-10-6-15(7-11-27)21-18-5-4-16(24)13-20(18)31-26-21/h4-5,13,15,19,29H,2-3,6-12H2,1H3/i2D2,3D2,6D2,7D2,9D2,10D2,11D2,15D. The molecule has 0 bridgehead atoms. The number of benzene rings is 1. The lowest BCUT2D eigenvalue weighted by molar-refractivity contribution is 0.129. The van der Waals surface area contributed by atoms with Crippen LogP contribution in [0.4, 0.5) is 4.39 Å². The van der Waals surface area contributed by atoms with Gasteiger partial charge >= 0.3 is 0 Å². The van der Waals surface area contributed by atoms with Crippen LogP contribution in [0.15, 0.2) is 27.5 Å². The van der Waals surface area contributed by atoms with Crippen molar-refractivity contribution in [1.29, 1.82) is 0 Å². The van der Waals surface area contributed by atoms with Crippen LogP contribution in [0.3, 0.4) is 0 Å². The number of aliphatic hydroxyl groups excluding tert-OH is 1. The highest BCUT2D eigenvalue weighted by atomic mass is 19.1. The fourth-order valence-electron chi connectivity index (χ4n) is 3.33. The quantitative estimate of drug-likeness (QED) is 0.670. The molecule has 4 heterocycles. The van der Waals surface area contributed by atoms with Crippen LogP contribution in [0.1, 0.15) is 80.8 Å². The number of aryl methyl sites for hydroxylation is 1. The number of nitrogens with zero attached hydrogens (tertiary/aromatic N) is 4. The van der Waals surface area contributed by atoms with Crippen molar-refractivity contribution in [1.82, 2.24) is 19.6 Å². The highest BCUT2D eigenvalue weighted by Gasteiger charge is 2.26. The number of piperidine rings is 1. The third-order valence-electron chi connectivity index (χ3n) is 4.92. The molecular formula is C23H27FN4O3. The Morgan fingerprint density at radius 3 is 2.94 bits per heavy atom. The van der Waals surface area contributed by atoms with E-state index >= 15 is 0 Å². The first-order valence-corrected chi connectivity index (χ1v) is 9.31. The number of aromatic nitrogens is 3. The van der Waals surface area contributed by atoms with Gasteiger partial charge in [0, 0.05) is 62.2 Å². The van der Waals surface area contributed by atoms with Gasteiger partial charge in [-0.05, 0) is 64.0 Å². The van der Waals surface area contributed by atoms with Gasteiger partial charge in [0.25, 0.3) is 5.56 Å². The van der Waals surface area contributed by atoms with Gasteiger partial charge in [0.2, 0.25) is 0 Å². The van der Waals surface area contributed by atoms with Crippen LogP contribution in [0, 0.1) is 12.7 Å². The summed E-state index contributed by atoms with van der Waals surface area (Å²) in [4.78, 5) is 17.7. The molecule has 2 aliphatic rings. The van der Waals surface area contributed by atoms with E-state index in [0.717, 1.165) is 18.2 Å². The maximum Gasteiger partial charge on any atom is 0.257 e. The molecule has 0 spiro atoms. The van der Waals surface area contributed by atoms with Crippen LogP contribution in [-0.4, -0.2) is 44.3 Å². The van der Waals surface area contributed by atoms with Gasteiger partial charge in [-0.3, -0.25) is 9.36 Å². The smallest absolute Gasteiger partial charge is 0.257 e. The van der Waals surface area contributed by atoms with Crippen LogP contribution in [0.5, 0.6) is 0 Å². The Morgan fingerprint density at radius 2 is 2.13 bits per heavy atom. The second-order valence-electron chi connectivity index (χ2n) is 6.88. The minimum Gasteiger partial charge on any atom is -0.385 e. The van der Waals surface area contributed by atoms with Gasteiger partial charge in [-0.15, -0.1) is 0 Å². The Balaban J connectivity index is 1.62. The molecule has 2 aliphatic heterocycles. The van der Waals surface area contributed by atoms with Crippen LogP contribution in [0.2, 0.25) is 0 Å². The minimum atomic E-state index is -3.63. The van der Waals surface area contributed by atoms with E-state index in [1.807, 2.05) is 0 Å². The second kappa shape index (κ2) is 8.16. The highest BCUT2D eigenvalue weighted by Crippen LogP contribution is 2.32. The minimum absolute atomic E-state index is 0.132. The molecule has 0 amide bonds. The van der Waals surface area contributed by atoms with Gasteiger partial charge in [-0.25, -0.2) is 9.37 Å². The van der Waals surface area contributed by atoms with Crippen molar-refractivity contribution < 1.29 is 34.6 Å². The van der Waals surface area contributed by atoms with Gasteiger partial charge in [-0.1, -0.05) is 5.16 Å². The van der Waals surface area contributed by atoms with E-state index in [9.17, 15) is 14.3 Å². The molecule has 8 heteroatoms. The van der Waals surface area contributed by atoms with Gasteiger partial charge in [0.1, 0.15) is 17.7 Å². The predicted octanol–water partition coefficient (Wildman–Crippen LogP) is 3.08. The zero-order chi connectivity index (χ0) is 35.0. The third kappa shape index (κ3) is 3.78. The Hall–Kier alpha value is -2.58. The first-order valence-electron chi connectivity index (χ1n) is 16.8. The monoisotopic (exact) mass is 441 g/mol. The average molecular weight is 442 g/mol. The maximum atomic E-state index is 13.8. The van der Waals surface area contributed by atoms with E-state index in [1.54, 1.807) is 0 Å². The second-order valence-corrected chi connectivity index (χ2v) is 6.88. The topological polar surface area (TPSA) is 84.4 Å². The summed E-state index contributed by atoms with van der Waals surface area (Å²) < 4.78 is 146. The molecule has 31 heavy (non-hydrogen) atoms. The Kier molecular flexibility index (Phi) is 2.50. The summed E-state index contributed by atoms with van der Waals surface area (Å²) >= 11 is 0. The van der Waals surface area contributed by atoms with Crippen LogP contribution < -0.4 is 5.56 Å². The largest absolute Gasteiger partial charge is 0.385 e. The van der Waals surface area contributed by atoms with Gasteiger partial charge in [0.15, 0.2) is 5.58 Å². The molecule has 0 saturated carbocycles. The lowest BCUT2D eigenvalue weighted by Gasteiger charge is -2.31. The molecule has 1 N–H and O–H groups in total. The molecule has 0 radical (unpaired) electrons. The van der Waals surface area contributed by atoms with E-state index in [-0.39, 0.29) is 26.1 Å². The highest BCUT2D eigenvalue weighted by molar-refractivity contribution is 5.79. The zero-order valence-electron chi connectivity index (χ0n) is 31.2. The lowest BCUT2D eigenvalue weighted by atomic mass is 9.91. The van der Waals surface area contributed by atoms with E-state index in [2.05, 4.69) is 10.1 Å².